The normalized spacial score (nSPS) is 12.5. The Balaban J connectivity index is 1.60. The highest BCUT2D eigenvalue weighted by atomic mass is 16.5. The molecule has 0 saturated carbocycles. The fraction of sp³-hybridized carbons (Fsp3) is 0.370. The van der Waals surface area contributed by atoms with E-state index in [0.717, 1.165) is 22.3 Å². The Hall–Kier alpha value is -3.79. The van der Waals surface area contributed by atoms with Crippen LogP contribution in [-0.2, 0) is 14.3 Å². The third-order valence-corrected chi connectivity index (χ3v) is 5.93. The number of likely N-dealkylation sites (N-methyl/N-ethyl adjacent to an activating group) is 1. The van der Waals surface area contributed by atoms with E-state index in [9.17, 15) is 14.4 Å². The molecular weight excluding hydrogens is 432 g/mol. The molecule has 2 aromatic carbocycles. The van der Waals surface area contributed by atoms with Crippen molar-refractivity contribution in [2.45, 2.75) is 44.6 Å². The second-order valence-corrected chi connectivity index (χ2v) is 8.26. The highest BCUT2D eigenvalue weighted by Crippen LogP contribution is 2.44. The van der Waals surface area contributed by atoms with Crippen LogP contribution in [0.5, 0.6) is 0 Å². The van der Waals surface area contributed by atoms with Crippen molar-refractivity contribution in [3.8, 4) is 23.0 Å². The zero-order valence-electron chi connectivity index (χ0n) is 19.5. The Morgan fingerprint density at radius 2 is 1.68 bits per heavy atom. The second kappa shape index (κ2) is 11.9. The molecule has 0 bridgehead atoms. The van der Waals surface area contributed by atoms with Gasteiger partial charge in [0.05, 0.1) is 0 Å². The van der Waals surface area contributed by atoms with E-state index < -0.39 is 18.1 Å². The molecule has 0 radical (unpaired) electrons. The second-order valence-electron chi connectivity index (χ2n) is 8.26. The van der Waals surface area contributed by atoms with Gasteiger partial charge in [-0.05, 0) is 42.0 Å². The van der Waals surface area contributed by atoms with Gasteiger partial charge >= 0.3 is 12.1 Å². The van der Waals surface area contributed by atoms with Crippen LogP contribution < -0.4 is 5.32 Å². The molecule has 1 aliphatic rings. The molecule has 34 heavy (non-hydrogen) atoms. The molecule has 0 saturated heterocycles. The summed E-state index contributed by atoms with van der Waals surface area (Å²) in [4.78, 5) is 37.7. The lowest BCUT2D eigenvalue weighted by Crippen LogP contribution is -2.47. The Labute approximate surface area is 200 Å². The number of benzene rings is 2. The first-order chi connectivity index (χ1) is 16.4. The standard InChI is InChI=1S/C27H30N2O5/c1-3-4-15-24(26(32)29(2)17-10-9-16-25(30)31)28-27(33)34-18-23-21-13-7-5-11-19(21)20-12-6-8-14-22(20)23/h5-8,11-14,23-24H,9-10,15-18H2,1-2H3,(H,28,33)(H,30,31). The van der Waals surface area contributed by atoms with E-state index in [4.69, 9.17) is 9.84 Å². The van der Waals surface area contributed by atoms with Crippen LogP contribution in [0.3, 0.4) is 0 Å². The molecule has 0 aromatic heterocycles. The van der Waals surface area contributed by atoms with Crippen molar-refractivity contribution in [2.24, 2.45) is 0 Å². The van der Waals surface area contributed by atoms with Crippen LogP contribution in [0.2, 0.25) is 0 Å². The SMILES string of the molecule is CC#CCC(NC(=O)OCC1c2ccccc2-c2ccccc21)C(=O)N(C)CCCCC(=O)O. The summed E-state index contributed by atoms with van der Waals surface area (Å²) in [7, 11) is 1.63. The minimum absolute atomic E-state index is 0.0603. The van der Waals surface area contributed by atoms with Gasteiger partial charge in [0.15, 0.2) is 0 Å². The maximum absolute atomic E-state index is 12.9. The topological polar surface area (TPSA) is 95.9 Å². The Morgan fingerprint density at radius 3 is 2.26 bits per heavy atom. The summed E-state index contributed by atoms with van der Waals surface area (Å²) >= 11 is 0. The molecule has 1 unspecified atom stereocenters. The number of amides is 2. The summed E-state index contributed by atoms with van der Waals surface area (Å²) in [6.07, 6.45) is 0.596. The fourth-order valence-electron chi connectivity index (χ4n) is 4.19. The number of nitrogens with zero attached hydrogens (tertiary/aromatic N) is 1. The zero-order chi connectivity index (χ0) is 24.5. The van der Waals surface area contributed by atoms with Crippen LogP contribution in [0.4, 0.5) is 4.79 Å². The molecule has 7 heteroatoms. The summed E-state index contributed by atoms with van der Waals surface area (Å²) in [5, 5.41) is 11.4. The van der Waals surface area contributed by atoms with E-state index >= 15 is 0 Å². The van der Waals surface area contributed by atoms with Gasteiger partial charge in [-0.1, -0.05) is 48.5 Å². The van der Waals surface area contributed by atoms with Crippen LogP contribution >= 0.6 is 0 Å². The van der Waals surface area contributed by atoms with Crippen molar-refractivity contribution in [3.05, 3.63) is 59.7 Å². The predicted octanol–water partition coefficient (Wildman–Crippen LogP) is 4.02. The quantitative estimate of drug-likeness (QED) is 0.411. The molecule has 2 aromatic rings. The van der Waals surface area contributed by atoms with Gasteiger partial charge in [-0.25, -0.2) is 4.79 Å². The molecule has 178 valence electrons. The monoisotopic (exact) mass is 462 g/mol. The molecule has 2 N–H and O–H groups in total. The largest absolute Gasteiger partial charge is 0.481 e. The van der Waals surface area contributed by atoms with Crippen molar-refractivity contribution in [1.29, 1.82) is 0 Å². The molecule has 0 aliphatic heterocycles. The van der Waals surface area contributed by atoms with Crippen LogP contribution in [0.25, 0.3) is 11.1 Å². The number of rotatable bonds is 10. The number of carboxylic acid groups (broad SMARTS) is 1. The number of hydrogen-bond donors (Lipinski definition) is 2. The summed E-state index contributed by atoms with van der Waals surface area (Å²) in [6.45, 7) is 2.23. The smallest absolute Gasteiger partial charge is 0.407 e. The number of nitrogens with one attached hydrogen (secondary N) is 1. The average molecular weight is 463 g/mol. The van der Waals surface area contributed by atoms with Gasteiger partial charge in [-0.3, -0.25) is 9.59 Å². The summed E-state index contributed by atoms with van der Waals surface area (Å²) in [5.41, 5.74) is 4.51. The number of alkyl carbamates (subject to hydrolysis) is 1. The maximum Gasteiger partial charge on any atom is 0.407 e. The van der Waals surface area contributed by atoms with Crippen molar-refractivity contribution in [2.75, 3.05) is 20.2 Å². The molecule has 2 amide bonds. The highest BCUT2D eigenvalue weighted by Gasteiger charge is 2.30. The summed E-state index contributed by atoms with van der Waals surface area (Å²) in [6, 6.07) is 15.3. The van der Waals surface area contributed by atoms with E-state index in [1.807, 2.05) is 36.4 Å². The van der Waals surface area contributed by atoms with E-state index in [-0.39, 0.29) is 31.3 Å². The van der Waals surface area contributed by atoms with Gasteiger partial charge in [-0.2, -0.15) is 0 Å². The number of aliphatic carboxylic acids is 1. The number of carboxylic acids is 1. The lowest BCUT2D eigenvalue weighted by Gasteiger charge is -2.23. The number of fused-ring (bicyclic) bond motifs is 3. The first-order valence-corrected chi connectivity index (χ1v) is 11.4. The van der Waals surface area contributed by atoms with Gasteiger partial charge in [-0.15, -0.1) is 11.8 Å². The van der Waals surface area contributed by atoms with Crippen LogP contribution in [0, 0.1) is 11.8 Å². The number of unbranched alkanes of at least 4 members (excludes halogenated alkanes) is 1. The van der Waals surface area contributed by atoms with Gasteiger partial charge in [0.25, 0.3) is 0 Å². The van der Waals surface area contributed by atoms with Crippen LogP contribution in [0.1, 0.15) is 49.7 Å². The van der Waals surface area contributed by atoms with E-state index in [0.29, 0.717) is 19.4 Å². The van der Waals surface area contributed by atoms with Gasteiger partial charge < -0.3 is 20.1 Å². The lowest BCUT2D eigenvalue weighted by atomic mass is 9.98. The van der Waals surface area contributed by atoms with Crippen molar-refractivity contribution < 1.29 is 24.2 Å². The van der Waals surface area contributed by atoms with Crippen molar-refractivity contribution >= 4 is 18.0 Å². The van der Waals surface area contributed by atoms with Gasteiger partial charge in [0.1, 0.15) is 12.6 Å². The zero-order valence-corrected chi connectivity index (χ0v) is 19.5. The van der Waals surface area contributed by atoms with Crippen molar-refractivity contribution in [3.63, 3.8) is 0 Å². The summed E-state index contributed by atoms with van der Waals surface area (Å²) in [5.74, 6) is 4.39. The molecule has 1 atom stereocenters. The minimum atomic E-state index is -0.859. The predicted molar refractivity (Wildman–Crippen MR) is 129 cm³/mol. The molecule has 3 rings (SSSR count). The molecule has 1 aliphatic carbocycles. The summed E-state index contributed by atoms with van der Waals surface area (Å²) < 4.78 is 5.57. The molecule has 0 fully saturated rings. The number of ether oxygens (including phenoxy) is 1. The highest BCUT2D eigenvalue weighted by molar-refractivity contribution is 5.86. The van der Waals surface area contributed by atoms with Gasteiger partial charge in [0.2, 0.25) is 5.91 Å². The first-order valence-electron chi connectivity index (χ1n) is 11.4. The van der Waals surface area contributed by atoms with Crippen LogP contribution in [-0.4, -0.2) is 54.2 Å². The maximum atomic E-state index is 12.9. The average Bonchev–Trinajstić information content (AvgIpc) is 3.16. The van der Waals surface area contributed by atoms with E-state index in [1.54, 1.807) is 14.0 Å². The third kappa shape index (κ3) is 6.16. The number of carbonyl (C=O) groups is 3. The fourth-order valence-corrected chi connectivity index (χ4v) is 4.19. The minimum Gasteiger partial charge on any atom is -0.481 e. The Kier molecular flexibility index (Phi) is 8.69. The van der Waals surface area contributed by atoms with Crippen LogP contribution in [0.15, 0.2) is 48.5 Å². The molecular formula is C27H30N2O5. The number of hydrogen-bond acceptors (Lipinski definition) is 4. The molecule has 7 nitrogen and oxygen atoms in total. The Morgan fingerprint density at radius 1 is 1.06 bits per heavy atom. The molecule has 0 heterocycles. The van der Waals surface area contributed by atoms with Gasteiger partial charge in [0, 0.05) is 32.4 Å². The molecule has 0 spiro atoms. The Bertz CT molecular complexity index is 1060. The third-order valence-electron chi connectivity index (χ3n) is 5.93. The van der Waals surface area contributed by atoms with Crippen molar-refractivity contribution in [1.82, 2.24) is 10.2 Å². The first kappa shape index (κ1) is 24.8. The van der Waals surface area contributed by atoms with E-state index in [1.165, 1.54) is 4.90 Å². The van der Waals surface area contributed by atoms with E-state index in [2.05, 4.69) is 29.3 Å². The number of carbonyl (C=O) groups excluding carboxylic acids is 2. The lowest BCUT2D eigenvalue weighted by molar-refractivity contribution is -0.137.